The highest BCUT2D eigenvalue weighted by atomic mass is 19.1. The van der Waals surface area contributed by atoms with E-state index in [9.17, 15) is 18.7 Å². The van der Waals surface area contributed by atoms with Crippen LogP contribution in [0.2, 0.25) is 0 Å². The zero-order chi connectivity index (χ0) is 18.0. The van der Waals surface area contributed by atoms with Crippen molar-refractivity contribution in [3.63, 3.8) is 0 Å². The molecule has 3 rings (SSSR count). The monoisotopic (exact) mass is 351 g/mol. The third-order valence-electron chi connectivity index (χ3n) is 4.38. The molecule has 1 amide bonds. The van der Waals surface area contributed by atoms with Gasteiger partial charge in [0.05, 0.1) is 12.1 Å². The van der Waals surface area contributed by atoms with Crippen LogP contribution in [-0.4, -0.2) is 24.2 Å². The summed E-state index contributed by atoms with van der Waals surface area (Å²) in [6, 6.07) is 5.71. The van der Waals surface area contributed by atoms with Crippen LogP contribution in [0.1, 0.15) is 40.8 Å². The number of amides is 1. The van der Waals surface area contributed by atoms with Crippen LogP contribution >= 0.6 is 0 Å². The highest BCUT2D eigenvalue weighted by Gasteiger charge is 2.37. The molecule has 1 fully saturated rings. The smallest absolute Gasteiger partial charge is 0.287 e. The fourth-order valence-electron chi connectivity index (χ4n) is 3.04. The summed E-state index contributed by atoms with van der Waals surface area (Å²) in [7, 11) is 1.51. The number of rotatable bonds is 6. The van der Waals surface area contributed by atoms with Gasteiger partial charge in [-0.25, -0.2) is 8.78 Å². The van der Waals surface area contributed by atoms with E-state index in [1.165, 1.54) is 19.2 Å². The van der Waals surface area contributed by atoms with E-state index in [1.807, 2.05) is 0 Å². The van der Waals surface area contributed by atoms with Gasteiger partial charge in [0, 0.05) is 18.7 Å². The second kappa shape index (κ2) is 7.33. The third-order valence-corrected chi connectivity index (χ3v) is 4.38. The summed E-state index contributed by atoms with van der Waals surface area (Å²) < 4.78 is 37.7. The second-order valence-electron chi connectivity index (χ2n) is 6.20. The van der Waals surface area contributed by atoms with Crippen molar-refractivity contribution in [1.82, 2.24) is 5.32 Å². The van der Waals surface area contributed by atoms with Crippen LogP contribution in [0.15, 0.2) is 34.7 Å². The quantitative estimate of drug-likeness (QED) is 0.839. The largest absolute Gasteiger partial charge is 0.453 e. The van der Waals surface area contributed by atoms with Crippen LogP contribution in [0.4, 0.5) is 8.78 Å². The van der Waals surface area contributed by atoms with Gasteiger partial charge < -0.3 is 19.6 Å². The minimum atomic E-state index is -0.730. The lowest BCUT2D eigenvalue weighted by atomic mass is 9.75. The number of aliphatic hydroxyl groups is 1. The van der Waals surface area contributed by atoms with Crippen LogP contribution in [-0.2, 0) is 11.3 Å². The molecule has 1 aromatic carbocycles. The lowest BCUT2D eigenvalue weighted by molar-refractivity contribution is 0.0226. The average Bonchev–Trinajstić information content (AvgIpc) is 2.99. The number of halogens is 2. The van der Waals surface area contributed by atoms with Crippen LogP contribution in [0.25, 0.3) is 0 Å². The summed E-state index contributed by atoms with van der Waals surface area (Å²) in [4.78, 5) is 12.4. The zero-order valence-electron chi connectivity index (χ0n) is 13.7. The number of hydrogen-bond acceptors (Lipinski definition) is 4. The first-order chi connectivity index (χ1) is 12.0. The van der Waals surface area contributed by atoms with E-state index in [-0.39, 0.29) is 23.8 Å². The molecule has 1 aliphatic rings. The molecule has 0 radical (unpaired) electrons. The molecule has 1 saturated carbocycles. The van der Waals surface area contributed by atoms with Crippen molar-refractivity contribution in [2.45, 2.75) is 31.6 Å². The second-order valence-corrected chi connectivity index (χ2v) is 6.20. The maximum atomic E-state index is 14.2. The Morgan fingerprint density at radius 1 is 1.36 bits per heavy atom. The van der Waals surface area contributed by atoms with Crippen molar-refractivity contribution in [2.24, 2.45) is 5.92 Å². The van der Waals surface area contributed by atoms with Crippen molar-refractivity contribution in [1.29, 1.82) is 0 Å². The van der Waals surface area contributed by atoms with Gasteiger partial charge in [-0.1, -0.05) is 6.07 Å². The standard InChI is InChI=1S/C18H19F2NO4/c1-24-9-13-3-5-16(25-13)18(23)21-17(10-6-12(22)7-10)14-4-2-11(19)8-15(14)20/h2-5,8,10,12,17,22H,6-7,9H2,1H3,(H,21,23)/t10?,12?,17-/m0/s1. The fourth-order valence-corrected chi connectivity index (χ4v) is 3.04. The van der Waals surface area contributed by atoms with Crippen LogP contribution < -0.4 is 5.32 Å². The summed E-state index contributed by atoms with van der Waals surface area (Å²) in [6.07, 6.45) is 0.411. The van der Waals surface area contributed by atoms with Gasteiger partial charge in [-0.3, -0.25) is 4.79 Å². The number of furan rings is 1. The lowest BCUT2D eigenvalue weighted by Gasteiger charge is -2.38. The average molecular weight is 351 g/mol. The molecule has 0 spiro atoms. The van der Waals surface area contributed by atoms with Gasteiger partial charge in [0.25, 0.3) is 5.91 Å². The van der Waals surface area contributed by atoms with Crippen LogP contribution in [0.5, 0.6) is 0 Å². The van der Waals surface area contributed by atoms with Gasteiger partial charge in [-0.15, -0.1) is 0 Å². The first-order valence-electron chi connectivity index (χ1n) is 7.99. The third kappa shape index (κ3) is 3.88. The predicted molar refractivity (Wildman–Crippen MR) is 84.7 cm³/mol. The van der Waals surface area contributed by atoms with Crippen molar-refractivity contribution in [3.8, 4) is 0 Å². The highest BCUT2D eigenvalue weighted by molar-refractivity contribution is 5.91. The van der Waals surface area contributed by atoms with Gasteiger partial charge in [0.1, 0.15) is 24.0 Å². The molecule has 7 heteroatoms. The molecule has 134 valence electrons. The molecule has 25 heavy (non-hydrogen) atoms. The molecular formula is C18H19F2NO4. The summed E-state index contributed by atoms with van der Waals surface area (Å²) in [5, 5.41) is 12.3. The number of carbonyl (C=O) groups excluding carboxylic acids is 1. The van der Waals surface area contributed by atoms with Crippen LogP contribution in [0.3, 0.4) is 0 Å². The van der Waals surface area contributed by atoms with E-state index < -0.39 is 29.7 Å². The van der Waals surface area contributed by atoms with E-state index in [4.69, 9.17) is 9.15 Å². The molecule has 5 nitrogen and oxygen atoms in total. The van der Waals surface area contributed by atoms with E-state index in [0.29, 0.717) is 18.6 Å². The molecule has 1 aromatic heterocycles. The number of aliphatic hydroxyl groups excluding tert-OH is 1. The van der Waals surface area contributed by atoms with Crippen LogP contribution in [0, 0.1) is 17.6 Å². The van der Waals surface area contributed by atoms with Gasteiger partial charge in [0.2, 0.25) is 0 Å². The molecule has 0 unspecified atom stereocenters. The van der Waals surface area contributed by atoms with Crippen molar-refractivity contribution in [2.75, 3.05) is 7.11 Å². The van der Waals surface area contributed by atoms with Gasteiger partial charge in [-0.05, 0) is 37.0 Å². The molecule has 0 bridgehead atoms. The molecule has 0 saturated heterocycles. The number of carbonyl (C=O) groups is 1. The SMILES string of the molecule is COCc1ccc(C(=O)N[C@H](c2ccc(F)cc2F)C2CC(O)C2)o1. The Morgan fingerprint density at radius 3 is 2.76 bits per heavy atom. The fraction of sp³-hybridized carbons (Fsp3) is 0.389. The Labute approximate surface area is 143 Å². The minimum absolute atomic E-state index is 0.0828. The zero-order valence-corrected chi connectivity index (χ0v) is 13.7. The first kappa shape index (κ1) is 17.6. The number of ether oxygens (including phenoxy) is 1. The lowest BCUT2D eigenvalue weighted by Crippen LogP contribution is -2.41. The van der Waals surface area contributed by atoms with E-state index in [2.05, 4.69) is 5.32 Å². The molecule has 2 N–H and O–H groups in total. The Balaban J connectivity index is 1.80. The van der Waals surface area contributed by atoms with Crippen molar-refractivity contribution >= 4 is 5.91 Å². The number of methoxy groups -OCH3 is 1. The van der Waals surface area contributed by atoms with E-state index in [0.717, 1.165) is 12.1 Å². The Hall–Kier alpha value is -2.25. The molecule has 1 atom stereocenters. The highest BCUT2D eigenvalue weighted by Crippen LogP contribution is 2.39. The normalized spacial score (nSPS) is 20.8. The Kier molecular flexibility index (Phi) is 5.15. The number of hydrogen-bond donors (Lipinski definition) is 2. The molecule has 1 aliphatic carbocycles. The van der Waals surface area contributed by atoms with Gasteiger partial charge in [0.15, 0.2) is 5.76 Å². The Bertz CT molecular complexity index is 755. The summed E-state index contributed by atoms with van der Waals surface area (Å²) in [5.74, 6) is -1.47. The summed E-state index contributed by atoms with van der Waals surface area (Å²) in [5.41, 5.74) is 0.190. The van der Waals surface area contributed by atoms with E-state index in [1.54, 1.807) is 6.07 Å². The topological polar surface area (TPSA) is 71.7 Å². The molecule has 0 aliphatic heterocycles. The Morgan fingerprint density at radius 2 is 2.12 bits per heavy atom. The maximum absolute atomic E-state index is 14.2. The molecular weight excluding hydrogens is 332 g/mol. The predicted octanol–water partition coefficient (Wildman–Crippen LogP) is 2.95. The minimum Gasteiger partial charge on any atom is -0.453 e. The summed E-state index contributed by atoms with van der Waals surface area (Å²) in [6.45, 7) is 0.234. The molecule has 1 heterocycles. The van der Waals surface area contributed by atoms with Crippen molar-refractivity contribution in [3.05, 3.63) is 59.1 Å². The van der Waals surface area contributed by atoms with E-state index >= 15 is 0 Å². The summed E-state index contributed by atoms with van der Waals surface area (Å²) >= 11 is 0. The van der Waals surface area contributed by atoms with Crippen molar-refractivity contribution < 1.29 is 27.8 Å². The van der Waals surface area contributed by atoms with Gasteiger partial charge >= 0.3 is 0 Å². The molecule has 2 aromatic rings. The van der Waals surface area contributed by atoms with Gasteiger partial charge in [-0.2, -0.15) is 0 Å². The number of nitrogens with one attached hydrogen (secondary N) is 1. The first-order valence-corrected chi connectivity index (χ1v) is 7.99. The maximum Gasteiger partial charge on any atom is 0.287 e. The number of benzene rings is 1.